The molecule has 0 spiro atoms. The highest BCUT2D eigenvalue weighted by Gasteiger charge is 2.28. The Bertz CT molecular complexity index is 711. The first-order valence-electron chi connectivity index (χ1n) is 9.91. The van der Waals surface area contributed by atoms with Crippen molar-refractivity contribution in [1.82, 2.24) is 5.32 Å². The molecule has 1 aromatic rings. The van der Waals surface area contributed by atoms with E-state index < -0.39 is 23.7 Å². The van der Waals surface area contributed by atoms with Crippen molar-refractivity contribution >= 4 is 33.8 Å². The van der Waals surface area contributed by atoms with Crippen molar-refractivity contribution in [3.8, 4) is 5.75 Å². The van der Waals surface area contributed by atoms with E-state index in [0.717, 1.165) is 4.47 Å². The Labute approximate surface area is 187 Å². The highest BCUT2D eigenvalue weighted by Crippen LogP contribution is 2.20. The first-order valence-corrected chi connectivity index (χ1v) is 10.7. The van der Waals surface area contributed by atoms with Crippen molar-refractivity contribution in [3.63, 3.8) is 0 Å². The standard InChI is InChI=1S/C22H32BrNO6/c1-14(2)17(20(26)28-6)11-12-19(25)18(24-21(27)30-22(3,4)5)13-29-16-9-7-15(23)8-10-16/h7-10,14,17-18H,11-13H2,1-6H3,(H,24,27)/t17-,18?/m1/s1. The molecule has 2 atom stereocenters. The predicted molar refractivity (Wildman–Crippen MR) is 117 cm³/mol. The quantitative estimate of drug-likeness (QED) is 0.490. The number of ether oxygens (including phenoxy) is 3. The normalized spacial score (nSPS) is 13.3. The lowest BCUT2D eigenvalue weighted by Crippen LogP contribution is -2.47. The number of carbonyl (C=O) groups excluding carboxylic acids is 3. The third-order valence-corrected chi connectivity index (χ3v) is 4.85. The molecule has 0 aliphatic carbocycles. The number of Topliss-reactive ketones (excluding diaryl/α,β-unsaturated/α-hetero) is 1. The Balaban J connectivity index is 2.83. The topological polar surface area (TPSA) is 90.9 Å². The zero-order valence-corrected chi connectivity index (χ0v) is 20.1. The Morgan fingerprint density at radius 2 is 1.70 bits per heavy atom. The van der Waals surface area contributed by atoms with Crippen molar-refractivity contribution in [1.29, 1.82) is 0 Å². The van der Waals surface area contributed by atoms with Gasteiger partial charge in [-0.1, -0.05) is 29.8 Å². The number of hydrogen-bond donors (Lipinski definition) is 1. The lowest BCUT2D eigenvalue weighted by atomic mass is 9.89. The van der Waals surface area contributed by atoms with Gasteiger partial charge in [0.15, 0.2) is 5.78 Å². The number of methoxy groups -OCH3 is 1. The van der Waals surface area contributed by atoms with Crippen LogP contribution in [0.4, 0.5) is 4.79 Å². The molecule has 0 saturated carbocycles. The highest BCUT2D eigenvalue weighted by molar-refractivity contribution is 9.10. The molecule has 8 heteroatoms. The average molecular weight is 486 g/mol. The summed E-state index contributed by atoms with van der Waals surface area (Å²) in [5.74, 6) is -0.389. The summed E-state index contributed by atoms with van der Waals surface area (Å²) in [4.78, 5) is 37.0. The van der Waals surface area contributed by atoms with Gasteiger partial charge in [0, 0.05) is 10.9 Å². The lowest BCUT2D eigenvalue weighted by Gasteiger charge is -2.24. The maximum Gasteiger partial charge on any atom is 0.408 e. The number of rotatable bonds is 10. The van der Waals surface area contributed by atoms with Crippen LogP contribution in [0.2, 0.25) is 0 Å². The molecule has 0 heterocycles. The van der Waals surface area contributed by atoms with Gasteiger partial charge >= 0.3 is 12.1 Å². The van der Waals surface area contributed by atoms with E-state index in [1.165, 1.54) is 7.11 Å². The first kappa shape index (κ1) is 25.9. The largest absolute Gasteiger partial charge is 0.491 e. The van der Waals surface area contributed by atoms with E-state index in [0.29, 0.717) is 12.2 Å². The van der Waals surface area contributed by atoms with Crippen molar-refractivity contribution in [2.24, 2.45) is 11.8 Å². The van der Waals surface area contributed by atoms with Gasteiger partial charge in [-0.3, -0.25) is 9.59 Å². The molecule has 1 aromatic carbocycles. The molecule has 7 nitrogen and oxygen atoms in total. The lowest BCUT2D eigenvalue weighted by molar-refractivity contribution is -0.147. The van der Waals surface area contributed by atoms with E-state index in [2.05, 4.69) is 21.2 Å². The van der Waals surface area contributed by atoms with Crippen LogP contribution in [0.25, 0.3) is 0 Å². The fraction of sp³-hybridized carbons (Fsp3) is 0.591. The van der Waals surface area contributed by atoms with Crippen molar-refractivity contribution in [2.75, 3.05) is 13.7 Å². The number of amides is 1. The average Bonchev–Trinajstić information content (AvgIpc) is 2.64. The summed E-state index contributed by atoms with van der Waals surface area (Å²) in [7, 11) is 1.33. The van der Waals surface area contributed by atoms with Crippen LogP contribution in [-0.4, -0.2) is 43.2 Å². The number of esters is 1. The van der Waals surface area contributed by atoms with E-state index in [-0.39, 0.29) is 30.7 Å². The van der Waals surface area contributed by atoms with Gasteiger partial charge in [0.2, 0.25) is 0 Å². The molecule has 0 aromatic heterocycles. The highest BCUT2D eigenvalue weighted by atomic mass is 79.9. The van der Waals surface area contributed by atoms with Crippen LogP contribution < -0.4 is 10.1 Å². The SMILES string of the molecule is COC(=O)[C@H](CCC(=O)C(COc1ccc(Br)cc1)NC(=O)OC(C)(C)C)C(C)C. The minimum atomic E-state index is -0.908. The van der Waals surface area contributed by atoms with Gasteiger partial charge < -0.3 is 19.5 Å². The van der Waals surface area contributed by atoms with Crippen LogP contribution in [0.15, 0.2) is 28.7 Å². The summed E-state index contributed by atoms with van der Waals surface area (Å²) in [6.45, 7) is 8.98. The maximum absolute atomic E-state index is 12.8. The molecule has 30 heavy (non-hydrogen) atoms. The Hall–Kier alpha value is -2.09. The molecule has 168 valence electrons. The van der Waals surface area contributed by atoms with E-state index in [1.807, 2.05) is 26.0 Å². The molecule has 0 aliphatic heterocycles. The molecule has 0 bridgehead atoms. The molecule has 1 N–H and O–H groups in total. The van der Waals surface area contributed by atoms with Crippen molar-refractivity contribution in [2.45, 2.75) is 59.1 Å². The molecule has 0 radical (unpaired) electrons. The Morgan fingerprint density at radius 1 is 1.10 bits per heavy atom. The molecule has 1 rings (SSSR count). The van der Waals surface area contributed by atoms with Gasteiger partial charge in [-0.15, -0.1) is 0 Å². The Kier molecular flexibility index (Phi) is 10.3. The van der Waals surface area contributed by atoms with Crippen molar-refractivity contribution < 1.29 is 28.6 Å². The molecule has 0 saturated heterocycles. The summed E-state index contributed by atoms with van der Waals surface area (Å²) in [5.41, 5.74) is -0.697. The number of carbonyl (C=O) groups is 3. The zero-order chi connectivity index (χ0) is 22.9. The number of ketones is 1. The van der Waals surface area contributed by atoms with Crippen LogP contribution in [0.3, 0.4) is 0 Å². The van der Waals surface area contributed by atoms with Crippen LogP contribution >= 0.6 is 15.9 Å². The van der Waals surface area contributed by atoms with Crippen LogP contribution in [0.5, 0.6) is 5.75 Å². The van der Waals surface area contributed by atoms with Gasteiger partial charge in [0.1, 0.15) is 24.0 Å². The minimum absolute atomic E-state index is 0.0292. The minimum Gasteiger partial charge on any atom is -0.491 e. The molecule has 0 aliphatic rings. The van der Waals surface area contributed by atoms with Gasteiger partial charge in [-0.05, 0) is 57.4 Å². The molecule has 1 amide bonds. The van der Waals surface area contributed by atoms with Gasteiger partial charge in [-0.25, -0.2) is 4.79 Å². The number of hydrogen-bond acceptors (Lipinski definition) is 6. The molecular weight excluding hydrogens is 454 g/mol. The Morgan fingerprint density at radius 3 is 2.20 bits per heavy atom. The van der Waals surface area contributed by atoms with E-state index in [4.69, 9.17) is 14.2 Å². The smallest absolute Gasteiger partial charge is 0.408 e. The summed E-state index contributed by atoms with van der Waals surface area (Å²) < 4.78 is 16.7. The molecule has 1 unspecified atom stereocenters. The van der Waals surface area contributed by atoms with Gasteiger partial charge in [-0.2, -0.15) is 0 Å². The second-order valence-electron chi connectivity index (χ2n) is 8.34. The van der Waals surface area contributed by atoms with E-state index in [9.17, 15) is 14.4 Å². The number of halogens is 1. The summed E-state index contributed by atoms with van der Waals surface area (Å²) in [5, 5.41) is 2.59. The summed E-state index contributed by atoms with van der Waals surface area (Å²) in [6, 6.07) is 6.23. The molecular formula is C22H32BrNO6. The van der Waals surface area contributed by atoms with E-state index in [1.54, 1.807) is 32.9 Å². The second-order valence-corrected chi connectivity index (χ2v) is 9.26. The van der Waals surface area contributed by atoms with Gasteiger partial charge in [0.05, 0.1) is 13.0 Å². The first-order chi connectivity index (χ1) is 13.9. The second kappa shape index (κ2) is 11.9. The third-order valence-electron chi connectivity index (χ3n) is 4.32. The van der Waals surface area contributed by atoms with Crippen LogP contribution in [0.1, 0.15) is 47.5 Å². The third kappa shape index (κ3) is 9.61. The maximum atomic E-state index is 12.8. The fourth-order valence-corrected chi connectivity index (χ4v) is 2.99. The monoisotopic (exact) mass is 485 g/mol. The zero-order valence-electron chi connectivity index (χ0n) is 18.5. The summed E-state index contributed by atoms with van der Waals surface area (Å²) in [6.07, 6.45) is -0.274. The number of nitrogens with one attached hydrogen (secondary N) is 1. The summed E-state index contributed by atoms with van der Waals surface area (Å²) >= 11 is 3.35. The van der Waals surface area contributed by atoms with Crippen molar-refractivity contribution in [3.05, 3.63) is 28.7 Å². The van der Waals surface area contributed by atoms with Gasteiger partial charge in [0.25, 0.3) is 0 Å². The van der Waals surface area contributed by atoms with Crippen LogP contribution in [0, 0.1) is 11.8 Å². The van der Waals surface area contributed by atoms with E-state index >= 15 is 0 Å². The number of benzene rings is 1. The predicted octanol–water partition coefficient (Wildman–Crippen LogP) is 4.52. The molecule has 0 fully saturated rings. The van der Waals surface area contributed by atoms with Crippen LogP contribution in [-0.2, 0) is 19.1 Å². The number of alkyl carbamates (subject to hydrolysis) is 1. The fourth-order valence-electron chi connectivity index (χ4n) is 2.72.